The molecule has 1 atom stereocenters. The zero-order valence-electron chi connectivity index (χ0n) is 7.24. The van der Waals surface area contributed by atoms with Crippen molar-refractivity contribution in [1.29, 1.82) is 0 Å². The molecule has 1 aromatic heterocycles. The summed E-state index contributed by atoms with van der Waals surface area (Å²) < 4.78 is 2.24. The van der Waals surface area contributed by atoms with Crippen molar-refractivity contribution in [2.45, 2.75) is 25.4 Å². The van der Waals surface area contributed by atoms with Crippen LogP contribution in [0.1, 0.15) is 12.8 Å². The van der Waals surface area contributed by atoms with Crippen LogP contribution in [0.2, 0.25) is 0 Å². The maximum absolute atomic E-state index is 3.48. The number of hydrogen-bond donors (Lipinski definition) is 1. The number of pyridine rings is 1. The van der Waals surface area contributed by atoms with Crippen molar-refractivity contribution in [2.75, 3.05) is 6.54 Å². The number of nitrogens with zero attached hydrogens (tertiary/aromatic N) is 1. The Hall–Kier alpha value is -0.890. The van der Waals surface area contributed by atoms with Crippen LogP contribution in [0.3, 0.4) is 0 Å². The Morgan fingerprint density at radius 3 is 2.75 bits per heavy atom. The molecule has 0 bridgehead atoms. The molecule has 1 saturated heterocycles. The molecule has 0 amide bonds. The second kappa shape index (κ2) is 3.68. The molecule has 1 aromatic rings. The normalized spacial score (nSPS) is 22.8. The van der Waals surface area contributed by atoms with Crippen molar-refractivity contribution in [3.63, 3.8) is 0 Å². The van der Waals surface area contributed by atoms with E-state index in [2.05, 4.69) is 40.5 Å². The highest BCUT2D eigenvalue weighted by Gasteiger charge is 2.17. The Morgan fingerprint density at radius 2 is 2.08 bits per heavy atom. The summed E-state index contributed by atoms with van der Waals surface area (Å²) in [6.45, 7) is 2.30. The van der Waals surface area contributed by atoms with Crippen LogP contribution in [0.4, 0.5) is 0 Å². The standard InChI is InChI=1S/C10H15N2/c1-2-7-12(8-3-1)9-10-5-4-6-11-10/h1-3,7-8,10-11H,4-6,9H2/q+1/t10-/m0/s1. The van der Waals surface area contributed by atoms with Gasteiger partial charge in [-0.2, -0.15) is 0 Å². The molecular weight excluding hydrogens is 148 g/mol. The zero-order valence-corrected chi connectivity index (χ0v) is 7.24. The Labute approximate surface area is 73.2 Å². The average Bonchev–Trinajstić information content (AvgIpc) is 2.59. The third-order valence-electron chi connectivity index (χ3n) is 2.37. The molecule has 0 saturated carbocycles. The van der Waals surface area contributed by atoms with E-state index in [4.69, 9.17) is 0 Å². The first-order valence-electron chi connectivity index (χ1n) is 4.62. The van der Waals surface area contributed by atoms with Gasteiger partial charge in [-0.15, -0.1) is 0 Å². The first-order chi connectivity index (χ1) is 5.95. The molecule has 0 radical (unpaired) electrons. The average molecular weight is 163 g/mol. The van der Waals surface area contributed by atoms with Crippen LogP contribution in [0, 0.1) is 0 Å². The highest BCUT2D eigenvalue weighted by Crippen LogP contribution is 2.03. The lowest BCUT2D eigenvalue weighted by Gasteiger charge is -2.04. The Kier molecular flexibility index (Phi) is 2.37. The van der Waals surface area contributed by atoms with Gasteiger partial charge in [0, 0.05) is 12.1 Å². The number of aromatic nitrogens is 1. The Morgan fingerprint density at radius 1 is 1.25 bits per heavy atom. The molecule has 0 spiro atoms. The summed E-state index contributed by atoms with van der Waals surface area (Å²) in [6, 6.07) is 6.90. The van der Waals surface area contributed by atoms with Gasteiger partial charge in [-0.1, -0.05) is 6.07 Å². The first kappa shape index (κ1) is 7.74. The highest BCUT2D eigenvalue weighted by atomic mass is 15.0. The van der Waals surface area contributed by atoms with Crippen molar-refractivity contribution in [2.24, 2.45) is 0 Å². The minimum absolute atomic E-state index is 0.692. The highest BCUT2D eigenvalue weighted by molar-refractivity contribution is 4.84. The summed E-state index contributed by atoms with van der Waals surface area (Å²) in [6.07, 6.45) is 6.90. The summed E-state index contributed by atoms with van der Waals surface area (Å²) in [4.78, 5) is 0. The van der Waals surface area contributed by atoms with Gasteiger partial charge in [0.05, 0.1) is 6.04 Å². The van der Waals surface area contributed by atoms with Crippen LogP contribution < -0.4 is 9.88 Å². The van der Waals surface area contributed by atoms with Gasteiger partial charge < -0.3 is 5.32 Å². The SMILES string of the molecule is c1cc[n+](C[C@@H]2CCCN2)cc1. The maximum Gasteiger partial charge on any atom is 0.168 e. The molecular formula is C10H15N2+. The van der Waals surface area contributed by atoms with Crippen LogP contribution in [-0.4, -0.2) is 12.6 Å². The lowest BCUT2D eigenvalue weighted by atomic mass is 10.2. The number of hydrogen-bond acceptors (Lipinski definition) is 1. The van der Waals surface area contributed by atoms with Gasteiger partial charge in [-0.05, 0) is 19.4 Å². The molecule has 1 aliphatic rings. The smallest absolute Gasteiger partial charge is 0.168 e. The second-order valence-electron chi connectivity index (χ2n) is 3.37. The summed E-state index contributed by atoms with van der Waals surface area (Å²) >= 11 is 0. The van der Waals surface area contributed by atoms with Gasteiger partial charge in [0.2, 0.25) is 0 Å². The van der Waals surface area contributed by atoms with E-state index < -0.39 is 0 Å². The van der Waals surface area contributed by atoms with E-state index in [1.165, 1.54) is 19.4 Å². The molecule has 2 heteroatoms. The van der Waals surface area contributed by atoms with Crippen LogP contribution in [-0.2, 0) is 6.54 Å². The number of rotatable bonds is 2. The van der Waals surface area contributed by atoms with Crippen molar-refractivity contribution in [1.82, 2.24) is 5.32 Å². The molecule has 1 aliphatic heterocycles. The molecule has 2 nitrogen and oxygen atoms in total. The first-order valence-corrected chi connectivity index (χ1v) is 4.62. The lowest BCUT2D eigenvalue weighted by Crippen LogP contribution is -2.42. The molecule has 12 heavy (non-hydrogen) atoms. The lowest BCUT2D eigenvalue weighted by molar-refractivity contribution is -0.699. The summed E-state index contributed by atoms with van der Waals surface area (Å²) in [5.74, 6) is 0. The van der Waals surface area contributed by atoms with E-state index in [0.29, 0.717) is 6.04 Å². The van der Waals surface area contributed by atoms with Crippen molar-refractivity contribution < 1.29 is 4.57 Å². The van der Waals surface area contributed by atoms with Crippen LogP contribution in [0.15, 0.2) is 30.6 Å². The van der Waals surface area contributed by atoms with E-state index in [0.717, 1.165) is 6.54 Å². The minimum Gasteiger partial charge on any atom is -0.308 e. The summed E-state index contributed by atoms with van der Waals surface area (Å²) in [7, 11) is 0. The predicted octanol–water partition coefficient (Wildman–Crippen LogP) is 0.726. The van der Waals surface area contributed by atoms with Gasteiger partial charge in [0.15, 0.2) is 18.9 Å². The van der Waals surface area contributed by atoms with E-state index >= 15 is 0 Å². The predicted molar refractivity (Wildman–Crippen MR) is 47.7 cm³/mol. The van der Waals surface area contributed by atoms with E-state index in [9.17, 15) is 0 Å². The fourth-order valence-corrected chi connectivity index (χ4v) is 1.72. The Balaban J connectivity index is 1.94. The minimum atomic E-state index is 0.692. The van der Waals surface area contributed by atoms with E-state index in [-0.39, 0.29) is 0 Å². The largest absolute Gasteiger partial charge is 0.308 e. The topological polar surface area (TPSA) is 15.9 Å². The third kappa shape index (κ3) is 1.83. The molecule has 0 unspecified atom stereocenters. The molecule has 1 N–H and O–H groups in total. The zero-order chi connectivity index (χ0) is 8.23. The fourth-order valence-electron chi connectivity index (χ4n) is 1.72. The molecule has 0 aromatic carbocycles. The molecule has 2 heterocycles. The van der Waals surface area contributed by atoms with Crippen LogP contribution in [0.5, 0.6) is 0 Å². The third-order valence-corrected chi connectivity index (χ3v) is 2.37. The molecule has 1 fully saturated rings. The molecule has 64 valence electrons. The second-order valence-corrected chi connectivity index (χ2v) is 3.37. The number of nitrogens with one attached hydrogen (secondary N) is 1. The van der Waals surface area contributed by atoms with Gasteiger partial charge in [0.1, 0.15) is 0 Å². The van der Waals surface area contributed by atoms with Gasteiger partial charge in [0.25, 0.3) is 0 Å². The van der Waals surface area contributed by atoms with Crippen molar-refractivity contribution in [3.8, 4) is 0 Å². The fraction of sp³-hybridized carbons (Fsp3) is 0.500. The van der Waals surface area contributed by atoms with Crippen molar-refractivity contribution >= 4 is 0 Å². The van der Waals surface area contributed by atoms with E-state index in [1.54, 1.807) is 0 Å². The van der Waals surface area contributed by atoms with Crippen LogP contribution in [0.25, 0.3) is 0 Å². The summed E-state index contributed by atoms with van der Waals surface area (Å²) in [5, 5.41) is 3.48. The summed E-state index contributed by atoms with van der Waals surface area (Å²) in [5.41, 5.74) is 0. The maximum atomic E-state index is 3.48. The van der Waals surface area contributed by atoms with Gasteiger partial charge >= 0.3 is 0 Å². The van der Waals surface area contributed by atoms with Gasteiger partial charge in [-0.3, -0.25) is 0 Å². The molecule has 2 rings (SSSR count). The van der Waals surface area contributed by atoms with Crippen molar-refractivity contribution in [3.05, 3.63) is 30.6 Å². The van der Waals surface area contributed by atoms with Gasteiger partial charge in [-0.25, -0.2) is 4.57 Å². The van der Waals surface area contributed by atoms with Crippen LogP contribution >= 0.6 is 0 Å². The monoisotopic (exact) mass is 163 g/mol. The molecule has 0 aliphatic carbocycles. The Bertz CT molecular complexity index is 227. The quantitative estimate of drug-likeness (QED) is 0.635. The van der Waals surface area contributed by atoms with E-state index in [1.807, 2.05) is 0 Å².